The minimum Gasteiger partial charge on any atom is -0.480 e. The molecule has 0 bridgehead atoms. The Labute approximate surface area is 116 Å². The second-order valence-corrected chi connectivity index (χ2v) is 6.74. The Morgan fingerprint density at radius 2 is 2.16 bits per heavy atom. The van der Waals surface area contributed by atoms with Crippen LogP contribution in [0.2, 0.25) is 5.02 Å². The fourth-order valence-corrected chi connectivity index (χ4v) is 4.40. The molecule has 0 aromatic heterocycles. The maximum absolute atomic E-state index is 12.5. The molecule has 5 nitrogen and oxygen atoms in total. The Morgan fingerprint density at radius 3 is 2.79 bits per heavy atom. The minimum absolute atomic E-state index is 0.0770. The van der Waals surface area contributed by atoms with Crippen molar-refractivity contribution in [3.8, 4) is 0 Å². The molecule has 0 amide bonds. The minimum atomic E-state index is -3.82. The number of nitrogens with zero attached hydrogens (tertiary/aromatic N) is 1. The van der Waals surface area contributed by atoms with Crippen LogP contribution in [0, 0.1) is 6.92 Å². The van der Waals surface area contributed by atoms with Crippen molar-refractivity contribution in [1.82, 2.24) is 4.31 Å². The number of carboxylic acids is 1. The average Bonchev–Trinajstić information content (AvgIpc) is 2.82. The summed E-state index contributed by atoms with van der Waals surface area (Å²) >= 11 is 5.93. The zero-order valence-electron chi connectivity index (χ0n) is 10.3. The van der Waals surface area contributed by atoms with Crippen LogP contribution in [0.5, 0.6) is 0 Å². The number of hydrogen-bond donors (Lipinski definition) is 1. The monoisotopic (exact) mass is 303 g/mol. The van der Waals surface area contributed by atoms with Crippen molar-refractivity contribution in [1.29, 1.82) is 0 Å². The van der Waals surface area contributed by atoms with Crippen molar-refractivity contribution in [2.75, 3.05) is 6.54 Å². The smallest absolute Gasteiger partial charge is 0.322 e. The first-order chi connectivity index (χ1) is 8.85. The summed E-state index contributed by atoms with van der Waals surface area (Å²) in [7, 11) is -3.82. The molecule has 2 rings (SSSR count). The molecule has 1 aliphatic rings. The summed E-state index contributed by atoms with van der Waals surface area (Å²) in [6.07, 6.45) is 0.893. The van der Waals surface area contributed by atoms with Crippen LogP contribution in [0.3, 0.4) is 0 Å². The second kappa shape index (κ2) is 5.11. The lowest BCUT2D eigenvalue weighted by atomic mass is 10.2. The molecular formula is C12H14ClNO4S. The zero-order chi connectivity index (χ0) is 14.2. The van der Waals surface area contributed by atoms with E-state index in [1.54, 1.807) is 19.1 Å². The van der Waals surface area contributed by atoms with Gasteiger partial charge in [0.25, 0.3) is 0 Å². The number of sulfonamides is 1. The normalized spacial score (nSPS) is 20.6. The van der Waals surface area contributed by atoms with E-state index in [0.717, 1.165) is 4.31 Å². The van der Waals surface area contributed by atoms with Crippen molar-refractivity contribution in [2.45, 2.75) is 30.7 Å². The van der Waals surface area contributed by atoms with E-state index in [0.29, 0.717) is 23.4 Å². The molecule has 1 fully saturated rings. The van der Waals surface area contributed by atoms with E-state index in [1.807, 2.05) is 0 Å². The predicted molar refractivity (Wildman–Crippen MR) is 70.7 cm³/mol. The molecule has 1 heterocycles. The Morgan fingerprint density at radius 1 is 1.47 bits per heavy atom. The third kappa shape index (κ3) is 2.48. The van der Waals surface area contributed by atoms with Crippen LogP contribution >= 0.6 is 11.6 Å². The molecule has 0 unspecified atom stereocenters. The maximum atomic E-state index is 12.5. The molecule has 104 valence electrons. The topological polar surface area (TPSA) is 74.7 Å². The first kappa shape index (κ1) is 14.3. The molecule has 1 saturated heterocycles. The SMILES string of the molecule is Cc1c(Cl)cccc1S(=O)(=O)N1CCC[C@H]1C(=O)O. The standard InChI is InChI=1S/C12H14ClNO4S/c1-8-9(13)4-2-6-11(8)19(17,18)14-7-3-5-10(14)12(15)16/h2,4,6,10H,3,5,7H2,1H3,(H,15,16)/t10-/m0/s1. The highest BCUT2D eigenvalue weighted by atomic mass is 35.5. The summed E-state index contributed by atoms with van der Waals surface area (Å²) in [6.45, 7) is 1.84. The van der Waals surface area contributed by atoms with Gasteiger partial charge in [0.15, 0.2) is 0 Å². The lowest BCUT2D eigenvalue weighted by molar-refractivity contribution is -0.140. The molecule has 0 saturated carbocycles. The van der Waals surface area contributed by atoms with Crippen LogP contribution in [0.4, 0.5) is 0 Å². The first-order valence-corrected chi connectivity index (χ1v) is 7.67. The zero-order valence-corrected chi connectivity index (χ0v) is 11.9. The van der Waals surface area contributed by atoms with E-state index >= 15 is 0 Å². The molecule has 1 aromatic carbocycles. The third-order valence-electron chi connectivity index (χ3n) is 3.29. The van der Waals surface area contributed by atoms with Crippen molar-refractivity contribution in [3.63, 3.8) is 0 Å². The number of hydrogen-bond acceptors (Lipinski definition) is 3. The highest BCUT2D eigenvalue weighted by Gasteiger charge is 2.40. The van der Waals surface area contributed by atoms with E-state index in [9.17, 15) is 13.2 Å². The van der Waals surface area contributed by atoms with E-state index in [-0.39, 0.29) is 11.4 Å². The van der Waals surface area contributed by atoms with Gasteiger partial charge in [-0.05, 0) is 37.5 Å². The first-order valence-electron chi connectivity index (χ1n) is 5.85. The summed E-state index contributed by atoms with van der Waals surface area (Å²) in [4.78, 5) is 11.2. The lowest BCUT2D eigenvalue weighted by Gasteiger charge is -2.22. The average molecular weight is 304 g/mol. The summed E-state index contributed by atoms with van der Waals surface area (Å²) in [6, 6.07) is 3.62. The van der Waals surface area contributed by atoms with Crippen molar-refractivity contribution in [2.24, 2.45) is 0 Å². The largest absolute Gasteiger partial charge is 0.480 e. The molecule has 0 aliphatic carbocycles. The molecule has 0 spiro atoms. The van der Waals surface area contributed by atoms with Crippen molar-refractivity contribution < 1.29 is 18.3 Å². The van der Waals surface area contributed by atoms with Crippen LogP contribution in [-0.4, -0.2) is 36.4 Å². The van der Waals surface area contributed by atoms with Gasteiger partial charge in [-0.15, -0.1) is 0 Å². The Balaban J connectivity index is 2.48. The molecule has 1 aromatic rings. The fraction of sp³-hybridized carbons (Fsp3) is 0.417. The predicted octanol–water partition coefficient (Wildman–Crippen LogP) is 1.89. The van der Waals surface area contributed by atoms with Gasteiger partial charge in [0.2, 0.25) is 10.0 Å². The maximum Gasteiger partial charge on any atom is 0.322 e. The van der Waals surface area contributed by atoms with Gasteiger partial charge in [0.05, 0.1) is 4.90 Å². The Hall–Kier alpha value is -1.11. The van der Waals surface area contributed by atoms with Gasteiger partial charge >= 0.3 is 5.97 Å². The summed E-state index contributed by atoms with van der Waals surface area (Å²) in [5.74, 6) is -1.11. The molecule has 7 heteroatoms. The van der Waals surface area contributed by atoms with Crippen LogP contribution < -0.4 is 0 Å². The molecule has 1 N–H and O–H groups in total. The van der Waals surface area contributed by atoms with E-state index in [1.165, 1.54) is 6.07 Å². The number of carbonyl (C=O) groups is 1. The van der Waals surface area contributed by atoms with Gasteiger partial charge in [0.1, 0.15) is 6.04 Å². The van der Waals surface area contributed by atoms with Gasteiger partial charge in [-0.3, -0.25) is 4.79 Å². The van der Waals surface area contributed by atoms with Crippen LogP contribution in [0.1, 0.15) is 18.4 Å². The molecule has 19 heavy (non-hydrogen) atoms. The highest BCUT2D eigenvalue weighted by molar-refractivity contribution is 7.89. The van der Waals surface area contributed by atoms with E-state index in [4.69, 9.17) is 16.7 Å². The van der Waals surface area contributed by atoms with Crippen molar-refractivity contribution in [3.05, 3.63) is 28.8 Å². The summed E-state index contributed by atoms with van der Waals surface area (Å²) in [5.41, 5.74) is 0.445. The van der Waals surface area contributed by atoms with Gasteiger partial charge < -0.3 is 5.11 Å². The quantitative estimate of drug-likeness (QED) is 0.925. The number of aliphatic carboxylic acids is 1. The Bertz CT molecular complexity index is 614. The third-order valence-corrected chi connectivity index (χ3v) is 5.76. The number of halogens is 1. The summed E-state index contributed by atoms with van der Waals surface area (Å²) in [5, 5.41) is 9.44. The van der Waals surface area contributed by atoms with E-state index in [2.05, 4.69) is 0 Å². The molecule has 0 radical (unpaired) electrons. The fourth-order valence-electron chi connectivity index (χ4n) is 2.27. The second-order valence-electron chi connectivity index (χ2n) is 4.47. The highest BCUT2D eigenvalue weighted by Crippen LogP contribution is 2.30. The van der Waals surface area contributed by atoms with Gasteiger partial charge in [-0.2, -0.15) is 4.31 Å². The van der Waals surface area contributed by atoms with Gasteiger partial charge in [-0.25, -0.2) is 8.42 Å². The van der Waals surface area contributed by atoms with Gasteiger partial charge in [0, 0.05) is 11.6 Å². The van der Waals surface area contributed by atoms with Crippen LogP contribution in [0.15, 0.2) is 23.1 Å². The number of rotatable bonds is 3. The number of carboxylic acid groups (broad SMARTS) is 1. The Kier molecular flexibility index (Phi) is 3.85. The molecule has 1 aliphatic heterocycles. The summed E-state index contributed by atoms with van der Waals surface area (Å²) < 4.78 is 26.1. The van der Waals surface area contributed by atoms with Gasteiger partial charge in [-0.1, -0.05) is 17.7 Å². The number of benzene rings is 1. The van der Waals surface area contributed by atoms with Crippen LogP contribution in [-0.2, 0) is 14.8 Å². The van der Waals surface area contributed by atoms with Crippen LogP contribution in [0.25, 0.3) is 0 Å². The molecular weight excluding hydrogens is 290 g/mol. The van der Waals surface area contributed by atoms with E-state index < -0.39 is 22.0 Å². The lowest BCUT2D eigenvalue weighted by Crippen LogP contribution is -2.40. The van der Waals surface area contributed by atoms with Crippen molar-refractivity contribution >= 4 is 27.6 Å². The molecule has 1 atom stereocenters.